The van der Waals surface area contributed by atoms with Crippen molar-refractivity contribution in [2.24, 2.45) is 34.8 Å². The molecule has 0 atom stereocenters. The van der Waals surface area contributed by atoms with Crippen LogP contribution in [0.4, 0.5) is 0 Å². The zero-order chi connectivity index (χ0) is 23.8. The van der Waals surface area contributed by atoms with E-state index in [0.717, 1.165) is 38.5 Å². The minimum atomic E-state index is -0.702. The molecule has 0 bridgehead atoms. The van der Waals surface area contributed by atoms with Gasteiger partial charge in [-0.15, -0.1) is 0 Å². The van der Waals surface area contributed by atoms with Gasteiger partial charge in [-0.3, -0.25) is 4.79 Å². The summed E-state index contributed by atoms with van der Waals surface area (Å²) in [6, 6.07) is 0.685. The first-order chi connectivity index (χ1) is 15.3. The van der Waals surface area contributed by atoms with Gasteiger partial charge >= 0.3 is 5.97 Å². The molecule has 2 heterocycles. The molecule has 9 heteroatoms. The van der Waals surface area contributed by atoms with Crippen molar-refractivity contribution in [3.8, 4) is 0 Å². The van der Waals surface area contributed by atoms with Crippen LogP contribution in [0.25, 0.3) is 0 Å². The van der Waals surface area contributed by atoms with E-state index < -0.39 is 11.6 Å². The highest BCUT2D eigenvalue weighted by atomic mass is 16.5. The fourth-order valence-electron chi connectivity index (χ4n) is 3.94. The maximum absolute atomic E-state index is 10.1. The van der Waals surface area contributed by atoms with Gasteiger partial charge in [0.15, 0.2) is 0 Å². The van der Waals surface area contributed by atoms with Crippen molar-refractivity contribution in [1.29, 1.82) is 0 Å². The molecule has 0 unspecified atom stereocenters. The quantitative estimate of drug-likeness (QED) is 0.357. The summed E-state index contributed by atoms with van der Waals surface area (Å²) in [6.07, 6.45) is 11.7. The summed E-state index contributed by atoms with van der Waals surface area (Å²) < 4.78 is 10.2. The Labute approximate surface area is 193 Å². The average molecular weight is 461 g/mol. The molecule has 4 aliphatic rings. The minimum absolute atomic E-state index is 0.148. The summed E-state index contributed by atoms with van der Waals surface area (Å²) in [5, 5.41) is 17.8. The molecule has 0 aromatic rings. The van der Waals surface area contributed by atoms with Gasteiger partial charge in [0.25, 0.3) is 0 Å². The van der Waals surface area contributed by atoms with Crippen LogP contribution >= 0.6 is 0 Å². The summed E-state index contributed by atoms with van der Waals surface area (Å²) in [4.78, 5) is 10.1. The fraction of sp³-hybridized carbons (Fsp3) is 0.957. The van der Waals surface area contributed by atoms with Crippen molar-refractivity contribution in [1.82, 2.24) is 0 Å². The molecule has 10 N–H and O–H groups in total. The summed E-state index contributed by atoms with van der Waals surface area (Å²) in [6.45, 7) is 4.32. The number of carboxylic acids is 1. The Morgan fingerprint density at radius 1 is 0.844 bits per heavy atom. The van der Waals surface area contributed by atoms with Crippen LogP contribution in [0, 0.1) is 11.8 Å². The molecule has 2 aliphatic carbocycles. The summed E-state index contributed by atoms with van der Waals surface area (Å²) in [7, 11) is 0. The standard InChI is InChI=1S/C6H13NO2.C6H13NO.C6H13N.C5H9NO2/c7-5-6(8)1-3-9-4-2-6;7-5-6-1-3-8-4-2-6;7-6-4-2-1-3-5-6;6-4-1-3(2-4)5(7)8/h8H,1-5,7H2;6H,1-5,7H2;6H,1-5,7H2;3-4H,1-2,6H2,(H,7,8). The number of nitrogens with two attached hydrogens (primary N) is 4. The Bertz CT molecular complexity index is 473. The van der Waals surface area contributed by atoms with Crippen LogP contribution in [0.2, 0.25) is 0 Å². The van der Waals surface area contributed by atoms with Crippen molar-refractivity contribution in [3.63, 3.8) is 0 Å². The van der Waals surface area contributed by atoms with Gasteiger partial charge < -0.3 is 42.6 Å². The Hall–Kier alpha value is -0.810. The second-order valence-electron chi connectivity index (χ2n) is 9.50. The van der Waals surface area contributed by atoms with E-state index in [9.17, 15) is 9.90 Å². The van der Waals surface area contributed by atoms with Crippen LogP contribution in [-0.2, 0) is 14.3 Å². The molecule has 2 saturated carbocycles. The number of rotatable bonds is 3. The van der Waals surface area contributed by atoms with Crippen LogP contribution in [0.1, 0.15) is 70.6 Å². The SMILES string of the molecule is NC1CC(C(=O)O)C1.NC1CCCCC1.NCC1(O)CCOCC1.NCC1CCOCC1. The highest BCUT2D eigenvalue weighted by Crippen LogP contribution is 2.25. The molecule has 32 heavy (non-hydrogen) atoms. The number of hydrogen-bond donors (Lipinski definition) is 6. The maximum atomic E-state index is 10.1. The smallest absolute Gasteiger partial charge is 0.306 e. The van der Waals surface area contributed by atoms with E-state index in [0.29, 0.717) is 51.5 Å². The molecule has 0 aromatic carbocycles. The van der Waals surface area contributed by atoms with E-state index in [1.165, 1.54) is 32.1 Å². The van der Waals surface area contributed by atoms with Crippen molar-refractivity contribution in [2.45, 2.75) is 88.3 Å². The zero-order valence-corrected chi connectivity index (χ0v) is 19.8. The molecule has 9 nitrogen and oxygen atoms in total. The second kappa shape index (κ2) is 16.7. The molecule has 2 saturated heterocycles. The molecule has 2 aliphatic heterocycles. The van der Waals surface area contributed by atoms with Gasteiger partial charge in [0.2, 0.25) is 0 Å². The first-order valence-electron chi connectivity index (χ1n) is 12.3. The first-order valence-corrected chi connectivity index (χ1v) is 12.3. The predicted molar refractivity (Wildman–Crippen MR) is 126 cm³/mol. The van der Waals surface area contributed by atoms with Crippen LogP contribution in [0.3, 0.4) is 0 Å². The third kappa shape index (κ3) is 13.0. The van der Waals surface area contributed by atoms with Gasteiger partial charge in [0.05, 0.1) is 11.5 Å². The number of carbonyl (C=O) groups is 1. The lowest BCUT2D eigenvalue weighted by Crippen LogP contribution is -2.42. The highest BCUT2D eigenvalue weighted by Gasteiger charge is 2.31. The third-order valence-electron chi connectivity index (χ3n) is 6.65. The molecule has 0 spiro atoms. The van der Waals surface area contributed by atoms with E-state index in [1.807, 2.05) is 0 Å². The van der Waals surface area contributed by atoms with Gasteiger partial charge in [-0.25, -0.2) is 0 Å². The average Bonchev–Trinajstić information content (AvgIpc) is 2.80. The van der Waals surface area contributed by atoms with Gasteiger partial charge in [0, 0.05) is 57.9 Å². The highest BCUT2D eigenvalue weighted by molar-refractivity contribution is 5.71. The number of ether oxygens (including phenoxy) is 2. The molecule has 0 amide bonds. The summed E-state index contributed by atoms with van der Waals surface area (Å²) >= 11 is 0. The zero-order valence-electron chi connectivity index (χ0n) is 19.8. The normalized spacial score (nSPS) is 27.8. The third-order valence-corrected chi connectivity index (χ3v) is 6.65. The van der Waals surface area contributed by atoms with Crippen molar-refractivity contribution in [2.75, 3.05) is 39.5 Å². The van der Waals surface area contributed by atoms with Gasteiger partial charge in [-0.2, -0.15) is 0 Å². The van der Waals surface area contributed by atoms with Gasteiger partial charge in [0.1, 0.15) is 0 Å². The number of carboxylic acid groups (broad SMARTS) is 1. The van der Waals surface area contributed by atoms with E-state index in [1.54, 1.807) is 0 Å². The second-order valence-corrected chi connectivity index (χ2v) is 9.50. The van der Waals surface area contributed by atoms with Crippen LogP contribution < -0.4 is 22.9 Å². The largest absolute Gasteiger partial charge is 0.481 e. The van der Waals surface area contributed by atoms with Crippen LogP contribution in [-0.4, -0.2) is 73.4 Å². The molecular weight excluding hydrogens is 412 g/mol. The topological polar surface area (TPSA) is 180 Å². The van der Waals surface area contributed by atoms with E-state index in [-0.39, 0.29) is 12.0 Å². The molecule has 190 valence electrons. The van der Waals surface area contributed by atoms with Crippen LogP contribution in [0.15, 0.2) is 0 Å². The van der Waals surface area contributed by atoms with E-state index >= 15 is 0 Å². The monoisotopic (exact) mass is 460 g/mol. The van der Waals surface area contributed by atoms with E-state index in [4.69, 9.17) is 37.5 Å². The summed E-state index contributed by atoms with van der Waals surface area (Å²) in [5.41, 5.74) is 21.1. The lowest BCUT2D eigenvalue weighted by Gasteiger charge is -2.30. The molecule has 0 radical (unpaired) electrons. The van der Waals surface area contributed by atoms with E-state index in [2.05, 4.69) is 0 Å². The maximum Gasteiger partial charge on any atom is 0.306 e. The minimum Gasteiger partial charge on any atom is -0.481 e. The molecular formula is C23H48N4O5. The summed E-state index contributed by atoms with van der Waals surface area (Å²) in [5.74, 6) is -0.111. The van der Waals surface area contributed by atoms with Crippen molar-refractivity contribution < 1.29 is 24.5 Å². The molecule has 4 fully saturated rings. The van der Waals surface area contributed by atoms with Gasteiger partial charge in [-0.05, 0) is 51.0 Å². The lowest BCUT2D eigenvalue weighted by atomic mass is 9.81. The first kappa shape index (κ1) is 29.2. The number of hydrogen-bond acceptors (Lipinski definition) is 8. The Morgan fingerprint density at radius 3 is 1.66 bits per heavy atom. The van der Waals surface area contributed by atoms with Crippen molar-refractivity contribution >= 4 is 5.97 Å². The van der Waals surface area contributed by atoms with Crippen LogP contribution in [0.5, 0.6) is 0 Å². The number of aliphatic carboxylic acids is 1. The fourth-order valence-corrected chi connectivity index (χ4v) is 3.94. The van der Waals surface area contributed by atoms with Gasteiger partial charge in [-0.1, -0.05) is 19.3 Å². The Morgan fingerprint density at radius 2 is 1.38 bits per heavy atom. The predicted octanol–water partition coefficient (Wildman–Crippen LogP) is 0.944. The van der Waals surface area contributed by atoms with Crippen molar-refractivity contribution in [3.05, 3.63) is 0 Å². The molecule has 0 aromatic heterocycles. The molecule has 4 rings (SSSR count). The number of aliphatic hydroxyl groups is 1. The Kier molecular flexibility index (Phi) is 15.3. The lowest BCUT2D eigenvalue weighted by molar-refractivity contribution is -0.145. The Balaban J connectivity index is 0.000000214.